The second kappa shape index (κ2) is 6.98. The van der Waals surface area contributed by atoms with E-state index in [2.05, 4.69) is 26.3 Å². The van der Waals surface area contributed by atoms with Crippen LogP contribution in [0.4, 0.5) is 11.5 Å². The van der Waals surface area contributed by atoms with Crippen molar-refractivity contribution in [3.05, 3.63) is 64.3 Å². The fourth-order valence-corrected chi connectivity index (χ4v) is 2.82. The normalized spacial score (nSPS) is 10.5. The summed E-state index contributed by atoms with van der Waals surface area (Å²) in [6, 6.07) is 13.0. The van der Waals surface area contributed by atoms with Gasteiger partial charge in [0.05, 0.1) is 24.7 Å². The second-order valence-electron chi connectivity index (χ2n) is 5.44. The minimum atomic E-state index is -0.349. The van der Waals surface area contributed by atoms with Crippen LogP contribution in [-0.4, -0.2) is 22.8 Å². The van der Waals surface area contributed by atoms with Gasteiger partial charge in [0.1, 0.15) is 17.1 Å². The quantitative estimate of drug-likeness (QED) is 0.697. The van der Waals surface area contributed by atoms with E-state index in [4.69, 9.17) is 10.5 Å². The van der Waals surface area contributed by atoms with Gasteiger partial charge in [-0.25, -0.2) is 4.68 Å². The summed E-state index contributed by atoms with van der Waals surface area (Å²) < 4.78 is 7.70. The van der Waals surface area contributed by atoms with Crippen molar-refractivity contribution in [2.75, 3.05) is 18.2 Å². The first-order valence-corrected chi connectivity index (χ1v) is 8.35. The van der Waals surface area contributed by atoms with E-state index in [0.717, 1.165) is 15.7 Å². The molecule has 0 spiro atoms. The highest BCUT2D eigenvalue weighted by molar-refractivity contribution is 9.10. The Bertz CT molecular complexity index is 937. The first-order chi connectivity index (χ1) is 12.0. The lowest BCUT2D eigenvalue weighted by Gasteiger charge is -2.11. The summed E-state index contributed by atoms with van der Waals surface area (Å²) in [7, 11) is 1.54. The van der Waals surface area contributed by atoms with Crippen molar-refractivity contribution in [1.29, 1.82) is 0 Å². The lowest BCUT2D eigenvalue weighted by molar-refractivity contribution is 0.102. The van der Waals surface area contributed by atoms with E-state index in [1.807, 2.05) is 37.3 Å². The van der Waals surface area contributed by atoms with Gasteiger partial charge in [-0.2, -0.15) is 5.10 Å². The van der Waals surface area contributed by atoms with Crippen LogP contribution in [0.2, 0.25) is 0 Å². The summed E-state index contributed by atoms with van der Waals surface area (Å²) in [4.78, 5) is 12.6. The summed E-state index contributed by atoms with van der Waals surface area (Å²) in [5.74, 6) is 0.480. The molecule has 0 radical (unpaired) electrons. The molecule has 1 aromatic heterocycles. The highest BCUT2D eigenvalue weighted by atomic mass is 79.9. The maximum atomic E-state index is 12.6. The Morgan fingerprint density at radius 3 is 2.76 bits per heavy atom. The molecule has 6 nitrogen and oxygen atoms in total. The van der Waals surface area contributed by atoms with Gasteiger partial charge in [0.25, 0.3) is 5.91 Å². The van der Waals surface area contributed by atoms with Gasteiger partial charge >= 0.3 is 0 Å². The fraction of sp³-hybridized carbons (Fsp3) is 0.111. The SMILES string of the molecule is COc1cc(Br)ccc1NC(=O)c1cnn(-c2ccccc2C)c1N. The number of nitrogens with zero attached hydrogens (tertiary/aromatic N) is 2. The monoisotopic (exact) mass is 400 g/mol. The number of rotatable bonds is 4. The Kier molecular flexibility index (Phi) is 4.76. The molecule has 3 N–H and O–H groups in total. The summed E-state index contributed by atoms with van der Waals surface area (Å²) in [6.07, 6.45) is 1.46. The molecule has 1 heterocycles. The number of methoxy groups -OCH3 is 1. The number of nitrogens with two attached hydrogens (primary N) is 1. The summed E-state index contributed by atoms with van der Waals surface area (Å²) in [6.45, 7) is 1.96. The number of para-hydroxylation sites is 1. The molecule has 0 atom stereocenters. The molecule has 0 aliphatic carbocycles. The minimum Gasteiger partial charge on any atom is -0.495 e. The molecule has 3 aromatic rings. The van der Waals surface area contributed by atoms with Gasteiger partial charge in [-0.05, 0) is 36.8 Å². The van der Waals surface area contributed by atoms with Gasteiger partial charge < -0.3 is 15.8 Å². The third-order valence-corrected chi connectivity index (χ3v) is 4.30. The largest absolute Gasteiger partial charge is 0.495 e. The number of amides is 1. The Balaban J connectivity index is 1.91. The van der Waals surface area contributed by atoms with Crippen molar-refractivity contribution in [3.63, 3.8) is 0 Å². The molecule has 3 rings (SSSR count). The third kappa shape index (κ3) is 3.36. The smallest absolute Gasteiger partial charge is 0.261 e. The summed E-state index contributed by atoms with van der Waals surface area (Å²) >= 11 is 3.37. The summed E-state index contributed by atoms with van der Waals surface area (Å²) in [5, 5.41) is 7.07. The van der Waals surface area contributed by atoms with Crippen molar-refractivity contribution < 1.29 is 9.53 Å². The number of carbonyl (C=O) groups excluding carboxylic acids is 1. The van der Waals surface area contributed by atoms with E-state index in [9.17, 15) is 4.79 Å². The van der Waals surface area contributed by atoms with Crippen molar-refractivity contribution in [2.24, 2.45) is 0 Å². The van der Waals surface area contributed by atoms with Gasteiger partial charge in [-0.15, -0.1) is 0 Å². The van der Waals surface area contributed by atoms with Crippen LogP contribution >= 0.6 is 15.9 Å². The molecule has 1 amide bonds. The Morgan fingerprint density at radius 2 is 2.04 bits per heavy atom. The molecular weight excluding hydrogens is 384 g/mol. The van der Waals surface area contributed by atoms with E-state index in [1.165, 1.54) is 6.20 Å². The highest BCUT2D eigenvalue weighted by Crippen LogP contribution is 2.29. The predicted octanol–water partition coefficient (Wildman–Crippen LogP) is 3.79. The van der Waals surface area contributed by atoms with Crippen LogP contribution in [0.15, 0.2) is 53.1 Å². The average Bonchev–Trinajstić information content (AvgIpc) is 2.98. The van der Waals surface area contributed by atoms with Crippen LogP contribution in [-0.2, 0) is 0 Å². The molecule has 0 saturated heterocycles. The molecule has 2 aromatic carbocycles. The number of hydrogen-bond donors (Lipinski definition) is 2. The first kappa shape index (κ1) is 17.0. The van der Waals surface area contributed by atoms with Gasteiger partial charge in [-0.1, -0.05) is 34.1 Å². The molecule has 0 unspecified atom stereocenters. The van der Waals surface area contributed by atoms with Crippen LogP contribution in [0, 0.1) is 6.92 Å². The number of halogens is 1. The van der Waals surface area contributed by atoms with Gasteiger partial charge in [-0.3, -0.25) is 4.79 Å². The molecule has 7 heteroatoms. The average molecular weight is 401 g/mol. The topological polar surface area (TPSA) is 82.2 Å². The molecule has 25 heavy (non-hydrogen) atoms. The number of hydrogen-bond acceptors (Lipinski definition) is 4. The minimum absolute atomic E-state index is 0.280. The van der Waals surface area contributed by atoms with Crippen LogP contribution in [0.25, 0.3) is 5.69 Å². The van der Waals surface area contributed by atoms with E-state index in [1.54, 1.807) is 23.9 Å². The van der Waals surface area contributed by atoms with Crippen molar-refractivity contribution in [2.45, 2.75) is 6.92 Å². The zero-order valence-corrected chi connectivity index (χ0v) is 15.4. The second-order valence-corrected chi connectivity index (χ2v) is 6.36. The molecule has 0 aliphatic rings. The third-order valence-electron chi connectivity index (χ3n) is 3.81. The van der Waals surface area contributed by atoms with E-state index >= 15 is 0 Å². The van der Waals surface area contributed by atoms with E-state index in [-0.39, 0.29) is 11.7 Å². The van der Waals surface area contributed by atoms with Crippen LogP contribution in [0.3, 0.4) is 0 Å². The number of nitrogen functional groups attached to an aromatic ring is 1. The highest BCUT2D eigenvalue weighted by Gasteiger charge is 2.18. The molecule has 0 saturated carbocycles. The van der Waals surface area contributed by atoms with Crippen molar-refractivity contribution in [1.82, 2.24) is 9.78 Å². The molecule has 0 bridgehead atoms. The lowest BCUT2D eigenvalue weighted by atomic mass is 10.2. The molecule has 0 aliphatic heterocycles. The number of ether oxygens (including phenoxy) is 1. The number of carbonyl (C=O) groups is 1. The van der Waals surface area contributed by atoms with Gasteiger partial charge in [0.15, 0.2) is 0 Å². The zero-order chi connectivity index (χ0) is 18.0. The van der Waals surface area contributed by atoms with Crippen LogP contribution in [0.1, 0.15) is 15.9 Å². The first-order valence-electron chi connectivity index (χ1n) is 7.55. The number of aromatic nitrogens is 2. The van der Waals surface area contributed by atoms with Gasteiger partial charge in [0, 0.05) is 4.47 Å². The fourth-order valence-electron chi connectivity index (χ4n) is 2.48. The lowest BCUT2D eigenvalue weighted by Crippen LogP contribution is -2.14. The van der Waals surface area contributed by atoms with Crippen molar-refractivity contribution >= 4 is 33.3 Å². The van der Waals surface area contributed by atoms with E-state index < -0.39 is 0 Å². The number of benzene rings is 2. The number of aryl methyl sites for hydroxylation is 1. The Morgan fingerprint density at radius 1 is 1.28 bits per heavy atom. The Hall–Kier alpha value is -2.80. The van der Waals surface area contributed by atoms with Gasteiger partial charge in [0.2, 0.25) is 0 Å². The standard InChI is InChI=1S/C18H17BrN4O2/c1-11-5-3-4-6-15(11)23-17(20)13(10-21-23)18(24)22-14-8-7-12(19)9-16(14)25-2/h3-10H,20H2,1-2H3,(H,22,24). The maximum absolute atomic E-state index is 12.6. The summed E-state index contributed by atoms with van der Waals surface area (Å²) in [5.41, 5.74) is 8.85. The molecular formula is C18H17BrN4O2. The number of nitrogens with one attached hydrogen (secondary N) is 1. The zero-order valence-electron chi connectivity index (χ0n) is 13.8. The predicted molar refractivity (Wildman–Crippen MR) is 101 cm³/mol. The van der Waals surface area contributed by atoms with Crippen LogP contribution < -0.4 is 15.8 Å². The van der Waals surface area contributed by atoms with Crippen molar-refractivity contribution in [3.8, 4) is 11.4 Å². The number of anilines is 2. The molecule has 0 fully saturated rings. The Labute approximate surface area is 153 Å². The van der Waals surface area contributed by atoms with Crippen LogP contribution in [0.5, 0.6) is 5.75 Å². The maximum Gasteiger partial charge on any atom is 0.261 e. The molecule has 128 valence electrons. The van der Waals surface area contributed by atoms with E-state index in [0.29, 0.717) is 17.0 Å².